The largest absolute Gasteiger partial charge is 0.493 e. The smallest absolute Gasteiger partial charge is 0.335 e. The lowest BCUT2D eigenvalue weighted by molar-refractivity contribution is -0.122. The number of rotatable bonds is 6. The van der Waals surface area contributed by atoms with Crippen LogP contribution in [-0.2, 0) is 16.2 Å². The molecular formula is C27H21ClN2O7. The van der Waals surface area contributed by atoms with E-state index >= 15 is 0 Å². The summed E-state index contributed by atoms with van der Waals surface area (Å²) in [6.07, 6.45) is 1.34. The number of nitrogens with zero attached hydrogens (tertiary/aromatic N) is 1. The molecule has 0 aromatic heterocycles. The van der Waals surface area contributed by atoms with Crippen molar-refractivity contribution in [2.45, 2.75) is 13.5 Å². The summed E-state index contributed by atoms with van der Waals surface area (Å²) in [6, 6.07) is 14.7. The van der Waals surface area contributed by atoms with Gasteiger partial charge in [-0.1, -0.05) is 41.4 Å². The number of hydrogen-bond acceptors (Lipinski definition) is 7. The average Bonchev–Trinajstić information content (AvgIpc) is 3.34. The summed E-state index contributed by atoms with van der Waals surface area (Å²) in [6.45, 7) is 2.31. The van der Waals surface area contributed by atoms with Crippen LogP contribution in [0.1, 0.15) is 16.7 Å². The first-order chi connectivity index (χ1) is 17.8. The second kappa shape index (κ2) is 9.87. The van der Waals surface area contributed by atoms with E-state index in [1.165, 1.54) is 25.3 Å². The predicted octanol–water partition coefficient (Wildman–Crippen LogP) is 4.63. The Labute approximate surface area is 217 Å². The fourth-order valence-electron chi connectivity index (χ4n) is 3.89. The van der Waals surface area contributed by atoms with Crippen molar-refractivity contribution < 1.29 is 33.3 Å². The Balaban J connectivity index is 1.43. The van der Waals surface area contributed by atoms with Crippen molar-refractivity contribution in [1.29, 1.82) is 0 Å². The van der Waals surface area contributed by atoms with E-state index in [0.29, 0.717) is 28.6 Å². The molecule has 37 heavy (non-hydrogen) atoms. The highest BCUT2D eigenvalue weighted by Gasteiger charge is 2.37. The van der Waals surface area contributed by atoms with Crippen LogP contribution < -0.4 is 29.2 Å². The molecular weight excluding hydrogens is 500 g/mol. The number of hydrogen-bond donors (Lipinski definition) is 1. The quantitative estimate of drug-likeness (QED) is 0.373. The molecule has 9 nitrogen and oxygen atoms in total. The highest BCUT2D eigenvalue weighted by molar-refractivity contribution is 6.39. The highest BCUT2D eigenvalue weighted by atomic mass is 35.5. The third-order valence-electron chi connectivity index (χ3n) is 5.78. The maximum atomic E-state index is 13.3. The number of aryl methyl sites for hydroxylation is 1. The second-order valence-corrected chi connectivity index (χ2v) is 8.71. The summed E-state index contributed by atoms with van der Waals surface area (Å²) in [4.78, 5) is 39.2. The summed E-state index contributed by atoms with van der Waals surface area (Å²) < 4.78 is 22.0. The predicted molar refractivity (Wildman–Crippen MR) is 135 cm³/mol. The molecule has 0 unspecified atom stereocenters. The Morgan fingerprint density at radius 2 is 1.78 bits per heavy atom. The molecule has 5 rings (SSSR count). The number of barbiturate groups is 1. The normalized spacial score (nSPS) is 15.7. The van der Waals surface area contributed by atoms with Gasteiger partial charge in [-0.15, -0.1) is 0 Å². The van der Waals surface area contributed by atoms with Crippen molar-refractivity contribution in [3.8, 4) is 23.0 Å². The van der Waals surface area contributed by atoms with Gasteiger partial charge in [-0.05, 0) is 48.4 Å². The number of methoxy groups -OCH3 is 1. The van der Waals surface area contributed by atoms with Crippen LogP contribution in [0.5, 0.6) is 23.0 Å². The summed E-state index contributed by atoms with van der Waals surface area (Å²) in [7, 11) is 1.46. The van der Waals surface area contributed by atoms with Crippen molar-refractivity contribution in [3.05, 3.63) is 81.9 Å². The van der Waals surface area contributed by atoms with Gasteiger partial charge < -0.3 is 18.9 Å². The number of fused-ring (bicyclic) bond motifs is 1. The minimum Gasteiger partial charge on any atom is -0.493 e. The number of anilines is 1. The van der Waals surface area contributed by atoms with Crippen molar-refractivity contribution in [3.63, 3.8) is 0 Å². The molecule has 0 aliphatic carbocycles. The van der Waals surface area contributed by atoms with Crippen LogP contribution in [0.2, 0.25) is 5.02 Å². The molecule has 2 heterocycles. The van der Waals surface area contributed by atoms with E-state index in [-0.39, 0.29) is 29.7 Å². The van der Waals surface area contributed by atoms with Gasteiger partial charge >= 0.3 is 6.03 Å². The summed E-state index contributed by atoms with van der Waals surface area (Å²) in [5.41, 5.74) is 2.46. The average molecular weight is 521 g/mol. The van der Waals surface area contributed by atoms with Gasteiger partial charge in [-0.2, -0.15) is 0 Å². The monoisotopic (exact) mass is 520 g/mol. The number of carbonyl (C=O) groups is 3. The molecule has 0 spiro atoms. The van der Waals surface area contributed by atoms with Gasteiger partial charge in [0.15, 0.2) is 23.0 Å². The maximum Gasteiger partial charge on any atom is 0.335 e. The molecule has 0 atom stereocenters. The first kappa shape index (κ1) is 24.2. The van der Waals surface area contributed by atoms with Crippen molar-refractivity contribution in [1.82, 2.24) is 5.32 Å². The van der Waals surface area contributed by atoms with Gasteiger partial charge in [-0.25, -0.2) is 9.69 Å². The van der Waals surface area contributed by atoms with Gasteiger partial charge in [0.1, 0.15) is 12.2 Å². The fourth-order valence-corrected chi connectivity index (χ4v) is 4.16. The van der Waals surface area contributed by atoms with E-state index in [0.717, 1.165) is 16.0 Å². The SMILES string of the molecule is COc1cc(/C=C2\C(=O)NC(=O)N(c3ccc4c(c3)OCO4)C2=O)cc(Cl)c1OCc1ccc(C)cc1. The number of benzene rings is 3. The molecule has 0 saturated carbocycles. The number of halogens is 1. The second-order valence-electron chi connectivity index (χ2n) is 8.30. The molecule has 0 radical (unpaired) electrons. The zero-order chi connectivity index (χ0) is 26.1. The molecule has 4 amide bonds. The Morgan fingerprint density at radius 3 is 2.54 bits per heavy atom. The molecule has 0 bridgehead atoms. The molecule has 10 heteroatoms. The lowest BCUT2D eigenvalue weighted by Crippen LogP contribution is -2.54. The highest BCUT2D eigenvalue weighted by Crippen LogP contribution is 2.39. The first-order valence-electron chi connectivity index (χ1n) is 11.2. The molecule has 2 aliphatic rings. The van der Waals surface area contributed by atoms with Crippen LogP contribution in [0.4, 0.5) is 10.5 Å². The van der Waals surface area contributed by atoms with E-state index in [1.807, 2.05) is 31.2 Å². The number of nitrogens with one attached hydrogen (secondary N) is 1. The van der Waals surface area contributed by atoms with Gasteiger partial charge in [0.05, 0.1) is 17.8 Å². The Kier molecular flexibility index (Phi) is 6.45. The van der Waals surface area contributed by atoms with Crippen LogP contribution in [0, 0.1) is 6.92 Å². The molecule has 1 N–H and O–H groups in total. The van der Waals surface area contributed by atoms with E-state index in [4.69, 9.17) is 30.5 Å². The lowest BCUT2D eigenvalue weighted by atomic mass is 10.1. The standard InChI is InChI=1S/C27H21ClN2O7/c1-15-3-5-16(6-4-15)13-35-24-20(28)10-17(11-23(24)34-2)9-19-25(31)29-27(33)30(26(19)32)18-7-8-21-22(12-18)37-14-36-21/h3-12H,13-14H2,1-2H3,(H,29,31,33)/b19-9+. The fraction of sp³-hybridized carbons (Fsp3) is 0.148. The van der Waals surface area contributed by atoms with Gasteiger partial charge in [0.2, 0.25) is 6.79 Å². The third kappa shape index (κ3) is 4.81. The van der Waals surface area contributed by atoms with Crippen molar-refractivity contribution in [2.75, 3.05) is 18.8 Å². The Morgan fingerprint density at radius 1 is 1.03 bits per heavy atom. The Bertz CT molecular complexity index is 1450. The van der Waals surface area contributed by atoms with Gasteiger partial charge in [-0.3, -0.25) is 14.9 Å². The van der Waals surface area contributed by atoms with Crippen LogP contribution in [0.15, 0.2) is 60.2 Å². The number of carbonyl (C=O) groups excluding carboxylic acids is 3. The molecule has 1 saturated heterocycles. The zero-order valence-electron chi connectivity index (χ0n) is 19.9. The molecule has 3 aromatic rings. The number of imide groups is 2. The minimum absolute atomic E-state index is 0.0376. The van der Waals surface area contributed by atoms with Crippen LogP contribution in [0.25, 0.3) is 6.08 Å². The number of amides is 4. The Hall–Kier alpha value is -4.50. The lowest BCUT2D eigenvalue weighted by Gasteiger charge is -2.26. The first-order valence-corrected chi connectivity index (χ1v) is 11.6. The van der Waals surface area contributed by atoms with E-state index in [2.05, 4.69) is 5.32 Å². The van der Waals surface area contributed by atoms with Gasteiger partial charge in [0.25, 0.3) is 11.8 Å². The molecule has 1 fully saturated rings. The minimum atomic E-state index is -0.874. The van der Waals surface area contributed by atoms with Crippen molar-refractivity contribution in [2.24, 2.45) is 0 Å². The van der Waals surface area contributed by atoms with Crippen LogP contribution >= 0.6 is 11.6 Å². The number of ether oxygens (including phenoxy) is 4. The van der Waals surface area contributed by atoms with Crippen LogP contribution in [-0.4, -0.2) is 31.7 Å². The summed E-state index contributed by atoms with van der Waals surface area (Å²) >= 11 is 6.49. The summed E-state index contributed by atoms with van der Waals surface area (Å²) in [5, 5.41) is 2.42. The van der Waals surface area contributed by atoms with Crippen LogP contribution in [0.3, 0.4) is 0 Å². The maximum absolute atomic E-state index is 13.3. The van der Waals surface area contributed by atoms with Crippen molar-refractivity contribution >= 4 is 41.2 Å². The topological polar surface area (TPSA) is 103 Å². The molecule has 188 valence electrons. The third-order valence-corrected chi connectivity index (χ3v) is 6.06. The number of urea groups is 1. The van der Waals surface area contributed by atoms with E-state index in [1.54, 1.807) is 18.2 Å². The van der Waals surface area contributed by atoms with Gasteiger partial charge in [0, 0.05) is 6.07 Å². The molecule has 2 aliphatic heterocycles. The summed E-state index contributed by atoms with van der Waals surface area (Å²) in [5.74, 6) is -0.114. The van der Waals surface area contributed by atoms with E-state index in [9.17, 15) is 14.4 Å². The molecule has 3 aromatic carbocycles. The van der Waals surface area contributed by atoms with E-state index < -0.39 is 17.8 Å². The zero-order valence-corrected chi connectivity index (χ0v) is 20.6.